The number of carbonyl (C=O) groups is 2. The van der Waals surface area contributed by atoms with Gasteiger partial charge in [-0.3, -0.25) is 9.59 Å². The van der Waals surface area contributed by atoms with Crippen LogP contribution in [-0.2, 0) is 9.53 Å². The minimum absolute atomic E-state index is 0.0845. The van der Waals surface area contributed by atoms with Crippen molar-refractivity contribution in [3.05, 3.63) is 29.8 Å². The van der Waals surface area contributed by atoms with Crippen LogP contribution in [0.3, 0.4) is 0 Å². The van der Waals surface area contributed by atoms with E-state index in [1.54, 1.807) is 29.2 Å². The van der Waals surface area contributed by atoms with E-state index in [1.165, 1.54) is 7.11 Å². The summed E-state index contributed by atoms with van der Waals surface area (Å²) < 4.78 is 10.2. The molecule has 0 atom stereocenters. The number of hydrogen-bond donors (Lipinski definition) is 0. The van der Waals surface area contributed by atoms with E-state index in [0.717, 1.165) is 5.75 Å². The molecule has 1 amide bonds. The molecular formula is C18H27NO4. The molecule has 5 nitrogen and oxygen atoms in total. The van der Waals surface area contributed by atoms with Gasteiger partial charge in [0.15, 0.2) is 0 Å². The van der Waals surface area contributed by atoms with Crippen molar-refractivity contribution in [2.45, 2.75) is 40.2 Å². The number of methoxy groups -OCH3 is 1. The fourth-order valence-corrected chi connectivity index (χ4v) is 2.18. The third-order valence-electron chi connectivity index (χ3n) is 3.16. The third kappa shape index (κ3) is 6.72. The molecule has 1 rings (SSSR count). The van der Waals surface area contributed by atoms with Crippen LogP contribution in [0.4, 0.5) is 0 Å². The van der Waals surface area contributed by atoms with Crippen molar-refractivity contribution in [1.29, 1.82) is 0 Å². The van der Waals surface area contributed by atoms with Crippen molar-refractivity contribution in [1.82, 2.24) is 4.90 Å². The SMILES string of the molecule is COC(=O)CCN(CC(C)C)C(=O)c1ccc(OC(C)C)cc1. The molecule has 0 saturated carbocycles. The summed E-state index contributed by atoms with van der Waals surface area (Å²) in [6.45, 7) is 8.94. The first-order chi connectivity index (χ1) is 10.8. The highest BCUT2D eigenvalue weighted by Gasteiger charge is 2.18. The maximum Gasteiger partial charge on any atom is 0.307 e. The highest BCUT2D eigenvalue weighted by atomic mass is 16.5. The Morgan fingerprint density at radius 3 is 2.17 bits per heavy atom. The van der Waals surface area contributed by atoms with Gasteiger partial charge in [0.2, 0.25) is 0 Å². The Morgan fingerprint density at radius 1 is 1.09 bits per heavy atom. The Bertz CT molecular complexity index is 508. The second-order valence-corrected chi connectivity index (χ2v) is 6.16. The first kappa shape index (κ1) is 19.0. The second kappa shape index (κ2) is 9.18. The van der Waals surface area contributed by atoms with Gasteiger partial charge in [-0.25, -0.2) is 0 Å². The van der Waals surface area contributed by atoms with E-state index < -0.39 is 0 Å². The summed E-state index contributed by atoms with van der Waals surface area (Å²) in [6, 6.07) is 7.10. The number of carbonyl (C=O) groups excluding carboxylic acids is 2. The molecule has 0 aliphatic carbocycles. The highest BCUT2D eigenvalue weighted by molar-refractivity contribution is 5.94. The summed E-state index contributed by atoms with van der Waals surface area (Å²) >= 11 is 0. The van der Waals surface area contributed by atoms with E-state index in [2.05, 4.69) is 4.74 Å². The molecule has 0 N–H and O–H groups in total. The summed E-state index contributed by atoms with van der Waals surface area (Å²) in [6.07, 6.45) is 0.290. The lowest BCUT2D eigenvalue weighted by Gasteiger charge is -2.24. The number of nitrogens with zero attached hydrogens (tertiary/aromatic N) is 1. The van der Waals surface area contributed by atoms with E-state index in [0.29, 0.717) is 24.6 Å². The van der Waals surface area contributed by atoms with Crippen molar-refractivity contribution in [3.8, 4) is 5.75 Å². The molecule has 0 saturated heterocycles. The zero-order chi connectivity index (χ0) is 17.4. The maximum absolute atomic E-state index is 12.6. The monoisotopic (exact) mass is 321 g/mol. The van der Waals surface area contributed by atoms with E-state index in [-0.39, 0.29) is 24.4 Å². The van der Waals surface area contributed by atoms with Gasteiger partial charge in [0, 0.05) is 18.7 Å². The maximum atomic E-state index is 12.6. The predicted octanol–water partition coefficient (Wildman–Crippen LogP) is 3.14. The molecule has 0 spiro atoms. The molecule has 23 heavy (non-hydrogen) atoms. The Kier molecular flexibility index (Phi) is 7.59. The van der Waals surface area contributed by atoms with Crippen LogP contribution in [0.25, 0.3) is 0 Å². The fraction of sp³-hybridized carbons (Fsp3) is 0.556. The zero-order valence-corrected chi connectivity index (χ0v) is 14.7. The Hall–Kier alpha value is -2.04. The van der Waals surface area contributed by atoms with Crippen LogP contribution in [-0.4, -0.2) is 43.1 Å². The van der Waals surface area contributed by atoms with Crippen LogP contribution in [0.5, 0.6) is 5.75 Å². The minimum Gasteiger partial charge on any atom is -0.491 e. The molecule has 0 fully saturated rings. The quantitative estimate of drug-likeness (QED) is 0.690. The van der Waals surface area contributed by atoms with Crippen LogP contribution < -0.4 is 4.74 Å². The van der Waals surface area contributed by atoms with Crippen molar-refractivity contribution < 1.29 is 19.1 Å². The lowest BCUT2D eigenvalue weighted by Crippen LogP contribution is -2.36. The largest absolute Gasteiger partial charge is 0.491 e. The number of amides is 1. The van der Waals surface area contributed by atoms with Crippen molar-refractivity contribution >= 4 is 11.9 Å². The van der Waals surface area contributed by atoms with Gasteiger partial charge in [0.1, 0.15) is 5.75 Å². The van der Waals surface area contributed by atoms with Crippen molar-refractivity contribution in [2.75, 3.05) is 20.2 Å². The van der Waals surface area contributed by atoms with E-state index in [4.69, 9.17) is 4.74 Å². The average Bonchev–Trinajstić information content (AvgIpc) is 2.50. The summed E-state index contributed by atoms with van der Waals surface area (Å²) in [5.41, 5.74) is 0.589. The Balaban J connectivity index is 2.80. The van der Waals surface area contributed by atoms with Gasteiger partial charge in [-0.15, -0.1) is 0 Å². The van der Waals surface area contributed by atoms with Gasteiger partial charge in [0.25, 0.3) is 5.91 Å². The molecule has 5 heteroatoms. The first-order valence-corrected chi connectivity index (χ1v) is 7.96. The summed E-state index contributed by atoms with van der Waals surface area (Å²) in [4.78, 5) is 25.7. The van der Waals surface area contributed by atoms with Gasteiger partial charge in [-0.05, 0) is 44.0 Å². The van der Waals surface area contributed by atoms with Gasteiger partial charge in [-0.2, -0.15) is 0 Å². The molecule has 1 aromatic carbocycles. The van der Waals surface area contributed by atoms with Crippen LogP contribution in [0.1, 0.15) is 44.5 Å². The average molecular weight is 321 g/mol. The van der Waals surface area contributed by atoms with Crippen LogP contribution >= 0.6 is 0 Å². The van der Waals surface area contributed by atoms with E-state index in [1.807, 2.05) is 27.7 Å². The molecule has 1 aromatic rings. The Labute approximate surface area is 138 Å². The van der Waals surface area contributed by atoms with E-state index in [9.17, 15) is 9.59 Å². The number of rotatable bonds is 8. The molecular weight excluding hydrogens is 294 g/mol. The van der Waals surface area contributed by atoms with Gasteiger partial charge >= 0.3 is 5.97 Å². The van der Waals surface area contributed by atoms with Gasteiger partial charge in [0.05, 0.1) is 19.6 Å². The van der Waals surface area contributed by atoms with Crippen LogP contribution in [0, 0.1) is 5.92 Å². The molecule has 0 unspecified atom stereocenters. The fourth-order valence-electron chi connectivity index (χ4n) is 2.18. The molecule has 128 valence electrons. The van der Waals surface area contributed by atoms with Crippen molar-refractivity contribution in [2.24, 2.45) is 5.92 Å². The smallest absolute Gasteiger partial charge is 0.307 e. The standard InChI is InChI=1S/C18H27NO4/c1-13(2)12-19(11-10-17(20)22-5)18(21)15-6-8-16(9-7-15)23-14(3)4/h6-9,13-14H,10-12H2,1-5H3. The Morgan fingerprint density at radius 2 is 1.70 bits per heavy atom. The van der Waals surface area contributed by atoms with Gasteiger partial charge < -0.3 is 14.4 Å². The highest BCUT2D eigenvalue weighted by Crippen LogP contribution is 2.16. The lowest BCUT2D eigenvalue weighted by atomic mass is 10.1. The van der Waals surface area contributed by atoms with Crippen LogP contribution in [0.2, 0.25) is 0 Å². The summed E-state index contributed by atoms with van der Waals surface area (Å²) in [5.74, 6) is 0.660. The molecule has 0 aliphatic heterocycles. The minimum atomic E-state index is -0.313. The lowest BCUT2D eigenvalue weighted by molar-refractivity contribution is -0.140. The number of ether oxygens (including phenoxy) is 2. The summed E-state index contributed by atoms with van der Waals surface area (Å²) in [5, 5.41) is 0. The topological polar surface area (TPSA) is 55.8 Å². The van der Waals surface area contributed by atoms with Crippen molar-refractivity contribution in [3.63, 3.8) is 0 Å². The molecule has 0 aliphatic rings. The van der Waals surface area contributed by atoms with Gasteiger partial charge in [-0.1, -0.05) is 13.8 Å². The van der Waals surface area contributed by atoms with E-state index >= 15 is 0 Å². The molecule has 0 aromatic heterocycles. The number of esters is 1. The molecule has 0 bridgehead atoms. The zero-order valence-electron chi connectivity index (χ0n) is 14.7. The first-order valence-electron chi connectivity index (χ1n) is 7.96. The normalized spacial score (nSPS) is 10.7. The molecule has 0 radical (unpaired) electrons. The van der Waals surface area contributed by atoms with Crippen LogP contribution in [0.15, 0.2) is 24.3 Å². The number of hydrogen-bond acceptors (Lipinski definition) is 4. The predicted molar refractivity (Wildman–Crippen MR) is 89.6 cm³/mol. The second-order valence-electron chi connectivity index (χ2n) is 6.16. The number of benzene rings is 1. The summed E-state index contributed by atoms with van der Waals surface area (Å²) in [7, 11) is 1.35. The third-order valence-corrected chi connectivity index (χ3v) is 3.16. The molecule has 0 heterocycles.